The quantitative estimate of drug-likeness (QED) is 0.536. The summed E-state index contributed by atoms with van der Waals surface area (Å²) < 4.78 is 30.9. The van der Waals surface area contributed by atoms with Crippen molar-refractivity contribution < 1.29 is 13.9 Å². The monoisotopic (exact) mass is 402 g/mol. The fourth-order valence-electron chi connectivity index (χ4n) is 3.07. The normalized spacial score (nSPS) is 14.7. The summed E-state index contributed by atoms with van der Waals surface area (Å²) in [7, 11) is 0. The molecule has 0 aliphatic carbocycles. The highest BCUT2D eigenvalue weighted by Crippen LogP contribution is 2.37. The molecule has 4 rings (SSSR count). The highest BCUT2D eigenvalue weighted by Gasteiger charge is 2.41. The zero-order valence-electron chi connectivity index (χ0n) is 14.8. The number of aromatic nitrogens is 6. The second-order valence-electron chi connectivity index (χ2n) is 6.38. The summed E-state index contributed by atoms with van der Waals surface area (Å²) in [5, 5.41) is 25.7. The Kier molecular flexibility index (Phi) is 4.73. The topological polar surface area (TPSA) is 81.6 Å². The van der Waals surface area contributed by atoms with Gasteiger partial charge in [-0.05, 0) is 24.4 Å². The average Bonchev–Trinajstić information content (AvgIpc) is 3.42. The number of halogens is 2. The van der Waals surface area contributed by atoms with Crippen LogP contribution in [0.25, 0.3) is 10.6 Å². The number of hydrogen-bond donors (Lipinski definition) is 1. The molecule has 1 aromatic carbocycles. The number of thiophene rings is 1. The first-order chi connectivity index (χ1) is 13.5. The van der Waals surface area contributed by atoms with Crippen LogP contribution in [0.3, 0.4) is 0 Å². The van der Waals surface area contributed by atoms with E-state index in [0.29, 0.717) is 5.69 Å². The lowest BCUT2D eigenvalue weighted by molar-refractivity contribution is -0.0374. The minimum absolute atomic E-state index is 0.0647. The minimum atomic E-state index is -1.79. The van der Waals surface area contributed by atoms with Gasteiger partial charge in [0.25, 0.3) is 0 Å². The van der Waals surface area contributed by atoms with Crippen LogP contribution in [0.15, 0.2) is 54.6 Å². The fourth-order valence-corrected chi connectivity index (χ4v) is 3.74. The molecule has 0 fully saturated rings. The first kappa shape index (κ1) is 18.4. The molecule has 28 heavy (non-hydrogen) atoms. The van der Waals surface area contributed by atoms with Crippen molar-refractivity contribution in [1.82, 2.24) is 29.8 Å². The molecule has 7 nitrogen and oxygen atoms in total. The van der Waals surface area contributed by atoms with Crippen LogP contribution in [0.5, 0.6) is 0 Å². The lowest BCUT2D eigenvalue weighted by atomic mass is 9.86. The van der Waals surface area contributed by atoms with Gasteiger partial charge >= 0.3 is 0 Å². The van der Waals surface area contributed by atoms with Gasteiger partial charge in [0.05, 0.1) is 23.7 Å². The number of benzene rings is 1. The Bertz CT molecular complexity index is 1070. The molecule has 1 N–H and O–H groups in total. The molecule has 0 saturated heterocycles. The third kappa shape index (κ3) is 3.32. The van der Waals surface area contributed by atoms with Gasteiger partial charge in [0.15, 0.2) is 0 Å². The molecule has 0 aliphatic rings. The summed E-state index contributed by atoms with van der Waals surface area (Å²) in [6.07, 6.45) is 4.41. The third-order valence-corrected chi connectivity index (χ3v) is 5.53. The number of nitrogens with zero attached hydrogens (tertiary/aromatic N) is 6. The summed E-state index contributed by atoms with van der Waals surface area (Å²) >= 11 is 1.51. The van der Waals surface area contributed by atoms with Gasteiger partial charge < -0.3 is 5.11 Å². The summed E-state index contributed by atoms with van der Waals surface area (Å²) in [6, 6.07) is 6.15. The second kappa shape index (κ2) is 7.21. The summed E-state index contributed by atoms with van der Waals surface area (Å²) in [4.78, 5) is 4.78. The van der Waals surface area contributed by atoms with Crippen LogP contribution in [0.4, 0.5) is 8.78 Å². The van der Waals surface area contributed by atoms with Crippen LogP contribution < -0.4 is 0 Å². The van der Waals surface area contributed by atoms with Crippen LogP contribution in [0.2, 0.25) is 0 Å². The second-order valence-corrected chi connectivity index (χ2v) is 7.33. The zero-order chi connectivity index (χ0) is 19.7. The van der Waals surface area contributed by atoms with E-state index in [1.165, 1.54) is 39.4 Å². The molecule has 3 aromatic heterocycles. The molecule has 0 unspecified atom stereocenters. The van der Waals surface area contributed by atoms with Crippen molar-refractivity contribution in [1.29, 1.82) is 0 Å². The lowest BCUT2D eigenvalue weighted by Gasteiger charge is -2.34. The van der Waals surface area contributed by atoms with Crippen molar-refractivity contribution in [2.24, 2.45) is 0 Å². The van der Waals surface area contributed by atoms with Gasteiger partial charge in [-0.25, -0.2) is 23.1 Å². The first-order valence-electron chi connectivity index (χ1n) is 8.43. The maximum Gasteiger partial charge on any atom is 0.137 e. The van der Waals surface area contributed by atoms with Crippen molar-refractivity contribution >= 4 is 11.3 Å². The standard InChI is InChI=1S/C18H16F2N6OS/c1-12(26-8-16(23-24-26)17-3-2-6-28-17)18(27,9-25-11-21-10-22-25)14-5-4-13(19)7-15(14)20/h2-8,10-12,27H,9H2,1H3/t12-,18-/m1/s1. The van der Waals surface area contributed by atoms with E-state index in [9.17, 15) is 13.9 Å². The molecule has 0 aliphatic heterocycles. The van der Waals surface area contributed by atoms with E-state index >= 15 is 0 Å². The van der Waals surface area contributed by atoms with Gasteiger partial charge in [-0.15, -0.1) is 16.4 Å². The van der Waals surface area contributed by atoms with E-state index in [0.717, 1.165) is 17.0 Å². The highest BCUT2D eigenvalue weighted by molar-refractivity contribution is 7.13. The van der Waals surface area contributed by atoms with Crippen LogP contribution >= 0.6 is 11.3 Å². The van der Waals surface area contributed by atoms with E-state index in [4.69, 9.17) is 0 Å². The van der Waals surface area contributed by atoms with E-state index in [1.807, 2.05) is 17.5 Å². The molecule has 0 amide bonds. The molecule has 0 spiro atoms. The van der Waals surface area contributed by atoms with E-state index in [1.54, 1.807) is 13.1 Å². The van der Waals surface area contributed by atoms with E-state index < -0.39 is 23.3 Å². The summed E-state index contributed by atoms with van der Waals surface area (Å²) in [5.74, 6) is -1.58. The molecule has 0 bridgehead atoms. The highest BCUT2D eigenvalue weighted by atomic mass is 32.1. The maximum absolute atomic E-state index is 14.6. The van der Waals surface area contributed by atoms with Crippen molar-refractivity contribution in [3.05, 3.63) is 71.8 Å². The molecular formula is C18H16F2N6OS. The smallest absolute Gasteiger partial charge is 0.137 e. The predicted octanol–water partition coefficient (Wildman–Crippen LogP) is 3.03. The van der Waals surface area contributed by atoms with Gasteiger partial charge in [0.1, 0.15) is 35.6 Å². The van der Waals surface area contributed by atoms with Crippen molar-refractivity contribution in [3.8, 4) is 10.6 Å². The van der Waals surface area contributed by atoms with Crippen LogP contribution in [-0.4, -0.2) is 34.9 Å². The first-order valence-corrected chi connectivity index (χ1v) is 9.31. The average molecular weight is 402 g/mol. The summed E-state index contributed by atoms with van der Waals surface area (Å²) in [6.45, 7) is 1.58. The molecule has 3 heterocycles. The Morgan fingerprint density at radius 2 is 2.14 bits per heavy atom. The lowest BCUT2D eigenvalue weighted by Crippen LogP contribution is -2.41. The Morgan fingerprint density at radius 3 is 2.82 bits per heavy atom. The van der Waals surface area contributed by atoms with Crippen LogP contribution in [-0.2, 0) is 12.1 Å². The number of rotatable bonds is 6. The number of aliphatic hydroxyl groups is 1. The molecule has 10 heteroatoms. The Morgan fingerprint density at radius 1 is 1.29 bits per heavy atom. The summed E-state index contributed by atoms with van der Waals surface area (Å²) in [5.41, 5.74) is -1.21. The van der Waals surface area contributed by atoms with Crippen molar-refractivity contribution in [3.63, 3.8) is 0 Å². The minimum Gasteiger partial charge on any atom is -0.381 e. The molecule has 4 aromatic rings. The fraction of sp³-hybridized carbons (Fsp3) is 0.222. The van der Waals surface area contributed by atoms with Crippen LogP contribution in [0, 0.1) is 11.6 Å². The van der Waals surface area contributed by atoms with Crippen LogP contribution in [0.1, 0.15) is 18.5 Å². The molecule has 144 valence electrons. The molecule has 0 radical (unpaired) electrons. The Hall–Kier alpha value is -2.98. The molecular weight excluding hydrogens is 386 g/mol. The van der Waals surface area contributed by atoms with E-state index in [-0.39, 0.29) is 12.1 Å². The van der Waals surface area contributed by atoms with Crippen molar-refractivity contribution in [2.45, 2.75) is 25.1 Å². The Labute approximate surface area is 162 Å². The van der Waals surface area contributed by atoms with E-state index in [2.05, 4.69) is 20.4 Å². The predicted molar refractivity (Wildman–Crippen MR) is 98.3 cm³/mol. The SMILES string of the molecule is C[C@@H](n1cc(-c2cccs2)nn1)[C@](O)(Cn1cncn1)c1ccc(F)cc1F. The van der Waals surface area contributed by atoms with Gasteiger partial charge in [0.2, 0.25) is 0 Å². The maximum atomic E-state index is 14.6. The van der Waals surface area contributed by atoms with Gasteiger partial charge in [-0.2, -0.15) is 5.10 Å². The zero-order valence-corrected chi connectivity index (χ0v) is 15.6. The van der Waals surface area contributed by atoms with Gasteiger partial charge in [0, 0.05) is 11.6 Å². The largest absolute Gasteiger partial charge is 0.381 e. The van der Waals surface area contributed by atoms with Crippen molar-refractivity contribution in [2.75, 3.05) is 0 Å². The van der Waals surface area contributed by atoms with Gasteiger partial charge in [-0.1, -0.05) is 17.3 Å². The van der Waals surface area contributed by atoms with Gasteiger partial charge in [-0.3, -0.25) is 0 Å². The third-order valence-electron chi connectivity index (χ3n) is 4.64. The molecule has 2 atom stereocenters. The number of hydrogen-bond acceptors (Lipinski definition) is 6. The Balaban J connectivity index is 1.76. The molecule has 0 saturated carbocycles.